The molecule has 1 N–H and O–H groups in total. The van der Waals surface area contributed by atoms with Crippen LogP contribution < -0.4 is 10.2 Å². The molecular formula is C20H25N3O. The summed E-state index contributed by atoms with van der Waals surface area (Å²) in [5.74, 6) is 1.75. The summed E-state index contributed by atoms with van der Waals surface area (Å²) in [5, 5.41) is 2.90. The molecule has 3 rings (SSSR count). The van der Waals surface area contributed by atoms with E-state index in [0.29, 0.717) is 5.56 Å². The van der Waals surface area contributed by atoms with Crippen LogP contribution in [0.4, 0.5) is 11.5 Å². The monoisotopic (exact) mass is 323 g/mol. The van der Waals surface area contributed by atoms with E-state index in [1.165, 1.54) is 19.3 Å². The number of nitrogens with zero attached hydrogens (tertiary/aromatic N) is 2. The van der Waals surface area contributed by atoms with Gasteiger partial charge in [0.1, 0.15) is 5.82 Å². The fourth-order valence-electron chi connectivity index (χ4n) is 3.13. The summed E-state index contributed by atoms with van der Waals surface area (Å²) in [5.41, 5.74) is 2.53. The third-order valence-electron chi connectivity index (χ3n) is 4.84. The zero-order valence-electron chi connectivity index (χ0n) is 14.5. The lowest BCUT2D eigenvalue weighted by molar-refractivity contribution is 0.102. The number of nitrogens with one attached hydrogen (secondary N) is 1. The van der Waals surface area contributed by atoms with E-state index in [2.05, 4.69) is 22.1 Å². The fraction of sp³-hybridized carbons (Fsp3) is 0.400. The summed E-state index contributed by atoms with van der Waals surface area (Å²) in [6.07, 6.45) is 5.49. The highest BCUT2D eigenvalue weighted by Gasteiger charge is 2.18. The third kappa shape index (κ3) is 3.94. The predicted molar refractivity (Wildman–Crippen MR) is 98.6 cm³/mol. The van der Waals surface area contributed by atoms with Crippen LogP contribution in [0.5, 0.6) is 0 Å². The minimum atomic E-state index is -0.103. The van der Waals surface area contributed by atoms with E-state index in [1.807, 2.05) is 43.3 Å². The largest absolute Gasteiger partial charge is 0.357 e. The zero-order valence-corrected chi connectivity index (χ0v) is 14.5. The Morgan fingerprint density at radius 3 is 2.46 bits per heavy atom. The van der Waals surface area contributed by atoms with Gasteiger partial charge in [-0.3, -0.25) is 4.79 Å². The van der Waals surface area contributed by atoms with Crippen molar-refractivity contribution >= 4 is 17.4 Å². The van der Waals surface area contributed by atoms with E-state index >= 15 is 0 Å². The quantitative estimate of drug-likeness (QED) is 0.914. The SMILES string of the molecule is CCC1CCN(c2ccc(NC(=O)c3ccc(C)cc3)cn2)CC1. The minimum absolute atomic E-state index is 0.103. The Kier molecular flexibility index (Phi) is 5.14. The van der Waals surface area contributed by atoms with Gasteiger partial charge in [-0.25, -0.2) is 4.98 Å². The molecular weight excluding hydrogens is 298 g/mol. The molecule has 2 aromatic rings. The summed E-state index contributed by atoms with van der Waals surface area (Å²) in [7, 11) is 0. The molecule has 4 nitrogen and oxygen atoms in total. The molecule has 1 saturated heterocycles. The summed E-state index contributed by atoms with van der Waals surface area (Å²) < 4.78 is 0. The van der Waals surface area contributed by atoms with Crippen molar-refractivity contribution in [3.63, 3.8) is 0 Å². The van der Waals surface area contributed by atoms with Crippen LogP contribution in [0.25, 0.3) is 0 Å². The van der Waals surface area contributed by atoms with Crippen LogP contribution in [-0.4, -0.2) is 24.0 Å². The van der Waals surface area contributed by atoms with Crippen molar-refractivity contribution in [1.82, 2.24) is 4.98 Å². The highest BCUT2D eigenvalue weighted by atomic mass is 16.1. The van der Waals surface area contributed by atoms with Crippen molar-refractivity contribution in [3.05, 3.63) is 53.7 Å². The number of pyridine rings is 1. The normalized spacial score (nSPS) is 15.3. The fourth-order valence-corrected chi connectivity index (χ4v) is 3.13. The van der Waals surface area contributed by atoms with E-state index < -0.39 is 0 Å². The lowest BCUT2D eigenvalue weighted by Crippen LogP contribution is -2.34. The molecule has 0 atom stereocenters. The first-order valence-corrected chi connectivity index (χ1v) is 8.74. The van der Waals surface area contributed by atoms with E-state index in [1.54, 1.807) is 6.20 Å². The Morgan fingerprint density at radius 1 is 1.17 bits per heavy atom. The number of anilines is 2. The standard InChI is InChI=1S/C20H25N3O/c1-3-16-10-12-23(13-11-16)19-9-8-18(14-21-19)22-20(24)17-6-4-15(2)5-7-17/h4-9,14,16H,3,10-13H2,1-2H3,(H,22,24). The summed E-state index contributed by atoms with van der Waals surface area (Å²) >= 11 is 0. The summed E-state index contributed by atoms with van der Waals surface area (Å²) in [4.78, 5) is 19.1. The molecule has 126 valence electrons. The van der Waals surface area contributed by atoms with E-state index in [4.69, 9.17) is 0 Å². The first-order valence-electron chi connectivity index (χ1n) is 8.74. The number of aromatic nitrogens is 1. The average molecular weight is 323 g/mol. The first-order chi connectivity index (χ1) is 11.7. The molecule has 0 bridgehead atoms. The van der Waals surface area contributed by atoms with Crippen molar-refractivity contribution in [2.24, 2.45) is 5.92 Å². The van der Waals surface area contributed by atoms with E-state index in [0.717, 1.165) is 36.1 Å². The molecule has 1 amide bonds. The smallest absolute Gasteiger partial charge is 0.255 e. The van der Waals surface area contributed by atoms with Gasteiger partial charge in [-0.05, 0) is 49.9 Å². The lowest BCUT2D eigenvalue weighted by Gasteiger charge is -2.32. The molecule has 0 spiro atoms. The van der Waals surface area contributed by atoms with Gasteiger partial charge in [-0.15, -0.1) is 0 Å². The van der Waals surface area contributed by atoms with Crippen LogP contribution in [0, 0.1) is 12.8 Å². The second-order valence-electron chi connectivity index (χ2n) is 6.56. The molecule has 0 saturated carbocycles. The molecule has 2 heterocycles. The van der Waals surface area contributed by atoms with Crippen molar-refractivity contribution in [1.29, 1.82) is 0 Å². The van der Waals surface area contributed by atoms with Gasteiger partial charge in [0.25, 0.3) is 5.91 Å². The maximum Gasteiger partial charge on any atom is 0.255 e. The molecule has 1 fully saturated rings. The Labute approximate surface area is 143 Å². The number of hydrogen-bond donors (Lipinski definition) is 1. The second kappa shape index (κ2) is 7.47. The van der Waals surface area contributed by atoms with Gasteiger partial charge in [0.2, 0.25) is 0 Å². The van der Waals surface area contributed by atoms with Crippen molar-refractivity contribution < 1.29 is 4.79 Å². The number of rotatable bonds is 4. The number of amides is 1. The Balaban J connectivity index is 1.60. The number of carbonyl (C=O) groups excluding carboxylic acids is 1. The van der Waals surface area contributed by atoms with Crippen LogP contribution in [-0.2, 0) is 0 Å². The highest BCUT2D eigenvalue weighted by molar-refractivity contribution is 6.04. The van der Waals surface area contributed by atoms with Gasteiger partial charge in [0, 0.05) is 18.7 Å². The molecule has 4 heteroatoms. The Morgan fingerprint density at radius 2 is 1.88 bits per heavy atom. The van der Waals surface area contributed by atoms with Crippen LogP contribution in [0.2, 0.25) is 0 Å². The lowest BCUT2D eigenvalue weighted by atomic mass is 9.94. The van der Waals surface area contributed by atoms with Crippen LogP contribution in [0.3, 0.4) is 0 Å². The molecule has 0 unspecified atom stereocenters. The molecule has 1 aromatic heterocycles. The average Bonchev–Trinajstić information content (AvgIpc) is 2.63. The van der Waals surface area contributed by atoms with Crippen LogP contribution in [0.15, 0.2) is 42.6 Å². The first kappa shape index (κ1) is 16.5. The number of carbonyl (C=O) groups is 1. The molecule has 1 aliphatic rings. The maximum atomic E-state index is 12.2. The number of benzene rings is 1. The molecule has 1 aliphatic heterocycles. The number of hydrogen-bond acceptors (Lipinski definition) is 3. The molecule has 24 heavy (non-hydrogen) atoms. The Hall–Kier alpha value is -2.36. The number of piperidine rings is 1. The summed E-state index contributed by atoms with van der Waals surface area (Å²) in [6.45, 7) is 6.42. The van der Waals surface area contributed by atoms with Crippen LogP contribution in [0.1, 0.15) is 42.1 Å². The van der Waals surface area contributed by atoms with Crippen LogP contribution >= 0.6 is 0 Å². The van der Waals surface area contributed by atoms with Gasteiger partial charge in [0.05, 0.1) is 11.9 Å². The van der Waals surface area contributed by atoms with Gasteiger partial charge in [-0.1, -0.05) is 31.0 Å². The number of aryl methyl sites for hydroxylation is 1. The molecule has 0 radical (unpaired) electrons. The molecule has 0 aliphatic carbocycles. The van der Waals surface area contributed by atoms with Gasteiger partial charge in [0.15, 0.2) is 0 Å². The van der Waals surface area contributed by atoms with Gasteiger partial charge in [-0.2, -0.15) is 0 Å². The van der Waals surface area contributed by atoms with Gasteiger partial charge < -0.3 is 10.2 Å². The topological polar surface area (TPSA) is 45.2 Å². The van der Waals surface area contributed by atoms with Crippen molar-refractivity contribution in [2.75, 3.05) is 23.3 Å². The van der Waals surface area contributed by atoms with Crippen molar-refractivity contribution in [2.45, 2.75) is 33.1 Å². The van der Waals surface area contributed by atoms with E-state index in [-0.39, 0.29) is 5.91 Å². The molecule has 1 aromatic carbocycles. The zero-order chi connectivity index (χ0) is 16.9. The van der Waals surface area contributed by atoms with Gasteiger partial charge >= 0.3 is 0 Å². The second-order valence-corrected chi connectivity index (χ2v) is 6.56. The summed E-state index contributed by atoms with van der Waals surface area (Å²) in [6, 6.07) is 11.5. The minimum Gasteiger partial charge on any atom is -0.357 e. The van der Waals surface area contributed by atoms with Crippen molar-refractivity contribution in [3.8, 4) is 0 Å². The Bertz CT molecular complexity index is 671. The van der Waals surface area contributed by atoms with E-state index in [9.17, 15) is 4.79 Å². The predicted octanol–water partition coefficient (Wildman–Crippen LogP) is 4.27. The maximum absolute atomic E-state index is 12.2. The third-order valence-corrected chi connectivity index (χ3v) is 4.84. The highest BCUT2D eigenvalue weighted by Crippen LogP contribution is 2.24.